The zero-order valence-electron chi connectivity index (χ0n) is 41.5. The number of hydrogen-bond acceptors (Lipinski definition) is 16. The molecule has 0 amide bonds. The second kappa shape index (κ2) is 52.3. The van der Waals surface area contributed by atoms with Gasteiger partial charge in [0.25, 0.3) is 0 Å². The molecule has 16 nitrogen and oxygen atoms in total. The van der Waals surface area contributed by atoms with Crippen molar-refractivity contribution in [3.8, 4) is 5.75 Å². The first-order valence-corrected chi connectivity index (χ1v) is 26.0. The summed E-state index contributed by atoms with van der Waals surface area (Å²) in [6.45, 7) is 14.4. The van der Waals surface area contributed by atoms with E-state index in [4.69, 9.17) is 56.8 Å². The third-order valence-electron chi connectivity index (χ3n) is 9.90. The molecule has 0 unspecified atom stereocenters. The van der Waals surface area contributed by atoms with Crippen LogP contribution in [0.15, 0.2) is 18.2 Å². The van der Waals surface area contributed by atoms with Crippen LogP contribution in [-0.4, -0.2) is 172 Å². The fourth-order valence-corrected chi connectivity index (χ4v) is 6.66. The van der Waals surface area contributed by atoms with Gasteiger partial charge in [0, 0.05) is 0 Å². The summed E-state index contributed by atoms with van der Waals surface area (Å²) in [6.07, 6.45) is 20.8. The standard InChI is InChI=1S/C48H90O16S.Na/c1-3-5-7-9-11-13-15-17-46-19-20-48(47(45-46)18-16-14-12-10-8-6-4-2)63-43-41-61-39-37-59-35-33-57-31-29-55-27-25-53-23-21-52-22-24-54-26-28-56-30-32-58-34-36-60-38-40-62-42-44-64-65(49,50)51;/h19-20,45H,3-18,21-44H2,1-2H3,(H,49,50,51);/q;+1/p-1. The summed E-state index contributed by atoms with van der Waals surface area (Å²) < 4.78 is 101. The molecule has 384 valence electrons. The average Bonchev–Trinajstić information content (AvgIpc) is 3.29. The van der Waals surface area contributed by atoms with Crippen LogP contribution in [-0.2, 0) is 79.5 Å². The SMILES string of the molecule is CCCCCCCCCc1ccc(OCCOCCOCCOCCOCCOCCOCCOCCOCCOCCOCCOCCOS(=O)(=O)[O-])c(CCCCCCCCC)c1.[Na+]. The molecule has 0 saturated carbocycles. The van der Waals surface area contributed by atoms with Crippen molar-refractivity contribution in [1.29, 1.82) is 0 Å². The Bertz CT molecular complexity index is 1240. The summed E-state index contributed by atoms with van der Waals surface area (Å²) in [4.78, 5) is 0. The monoisotopic (exact) mass is 977 g/mol. The van der Waals surface area contributed by atoms with Gasteiger partial charge in [0.15, 0.2) is 0 Å². The second-order valence-electron chi connectivity index (χ2n) is 15.5. The van der Waals surface area contributed by atoms with Crippen molar-refractivity contribution in [2.45, 2.75) is 117 Å². The number of unbranched alkanes of at least 4 members (excludes halogenated alkanes) is 12. The number of rotatable bonds is 54. The Morgan fingerprint density at radius 1 is 0.379 bits per heavy atom. The smallest absolute Gasteiger partial charge is 0.726 e. The van der Waals surface area contributed by atoms with Crippen molar-refractivity contribution < 1.29 is 104 Å². The van der Waals surface area contributed by atoms with E-state index in [0.717, 1.165) is 18.6 Å². The van der Waals surface area contributed by atoms with Gasteiger partial charge in [-0.3, -0.25) is 4.18 Å². The van der Waals surface area contributed by atoms with E-state index in [1.54, 1.807) is 0 Å². The molecule has 1 rings (SSSR count). The van der Waals surface area contributed by atoms with E-state index < -0.39 is 10.4 Å². The molecule has 0 atom stereocenters. The van der Waals surface area contributed by atoms with Crippen molar-refractivity contribution >= 4 is 10.4 Å². The first kappa shape index (κ1) is 65.5. The third kappa shape index (κ3) is 48.5. The molecule has 0 fully saturated rings. The normalized spacial score (nSPS) is 11.7. The van der Waals surface area contributed by atoms with Gasteiger partial charge in [-0.05, 0) is 42.9 Å². The van der Waals surface area contributed by atoms with Crippen LogP contribution in [0.3, 0.4) is 0 Å². The number of benzene rings is 1. The number of hydrogen-bond donors (Lipinski definition) is 0. The fraction of sp³-hybridized carbons (Fsp3) is 0.875. The first-order valence-electron chi connectivity index (χ1n) is 24.7. The number of ether oxygens (including phenoxy) is 12. The Balaban J connectivity index is 0.0000422. The van der Waals surface area contributed by atoms with E-state index in [2.05, 4.69) is 36.2 Å². The van der Waals surface area contributed by atoms with E-state index in [9.17, 15) is 13.0 Å². The molecular formula is C48H89NaO16S. The van der Waals surface area contributed by atoms with Crippen LogP contribution in [0.4, 0.5) is 0 Å². The molecule has 0 bridgehead atoms. The Morgan fingerprint density at radius 3 is 1.00 bits per heavy atom. The van der Waals surface area contributed by atoms with Gasteiger partial charge in [-0.25, -0.2) is 8.42 Å². The molecule has 1 aromatic carbocycles. The fourth-order valence-electron chi connectivity index (χ4n) is 6.39. The molecule has 66 heavy (non-hydrogen) atoms. The van der Waals surface area contributed by atoms with Crippen molar-refractivity contribution in [1.82, 2.24) is 0 Å². The van der Waals surface area contributed by atoms with Gasteiger partial charge in [0.2, 0.25) is 10.4 Å². The number of aryl methyl sites for hydroxylation is 2. The molecule has 0 spiro atoms. The zero-order chi connectivity index (χ0) is 46.8. The molecule has 0 aromatic heterocycles. The van der Waals surface area contributed by atoms with Gasteiger partial charge in [0.1, 0.15) is 12.4 Å². The summed E-state index contributed by atoms with van der Waals surface area (Å²) >= 11 is 0. The van der Waals surface area contributed by atoms with Crippen molar-refractivity contribution in [2.24, 2.45) is 0 Å². The van der Waals surface area contributed by atoms with Gasteiger partial charge < -0.3 is 61.4 Å². The maximum Gasteiger partial charge on any atom is 1.00 e. The molecule has 0 aliphatic rings. The van der Waals surface area contributed by atoms with Crippen LogP contribution in [0.25, 0.3) is 0 Å². The van der Waals surface area contributed by atoms with E-state index in [0.29, 0.717) is 139 Å². The quantitative estimate of drug-likeness (QED) is 0.0390. The van der Waals surface area contributed by atoms with Crippen LogP contribution in [0.5, 0.6) is 5.75 Å². The van der Waals surface area contributed by atoms with Gasteiger partial charge in [0.05, 0.1) is 152 Å². The Kier molecular flexibility index (Phi) is 51.8. The van der Waals surface area contributed by atoms with Gasteiger partial charge >= 0.3 is 29.6 Å². The minimum absolute atomic E-state index is 0. The van der Waals surface area contributed by atoms with Crippen LogP contribution in [0.1, 0.15) is 115 Å². The van der Waals surface area contributed by atoms with Crippen molar-refractivity contribution in [2.75, 3.05) is 159 Å². The minimum atomic E-state index is -4.68. The molecule has 1 aromatic rings. The third-order valence-corrected chi connectivity index (χ3v) is 10.4. The van der Waals surface area contributed by atoms with E-state index in [-0.39, 0.29) is 49.4 Å². The van der Waals surface area contributed by atoms with Crippen LogP contribution in [0, 0.1) is 0 Å². The first-order chi connectivity index (χ1) is 32.0. The largest absolute Gasteiger partial charge is 1.00 e. The Labute approximate surface area is 421 Å². The van der Waals surface area contributed by atoms with Gasteiger partial charge in [-0.1, -0.05) is 103 Å². The van der Waals surface area contributed by atoms with Gasteiger partial charge in [-0.2, -0.15) is 0 Å². The van der Waals surface area contributed by atoms with Crippen LogP contribution < -0.4 is 34.3 Å². The molecule has 0 N–H and O–H groups in total. The molecule has 18 heteroatoms. The van der Waals surface area contributed by atoms with Crippen LogP contribution >= 0.6 is 0 Å². The summed E-state index contributed by atoms with van der Waals surface area (Å²) in [5.41, 5.74) is 2.79. The maximum atomic E-state index is 10.3. The summed E-state index contributed by atoms with van der Waals surface area (Å²) in [6, 6.07) is 6.84. The van der Waals surface area contributed by atoms with E-state index in [1.807, 2.05) is 0 Å². The predicted molar refractivity (Wildman–Crippen MR) is 250 cm³/mol. The van der Waals surface area contributed by atoms with Crippen LogP contribution in [0.2, 0.25) is 0 Å². The van der Waals surface area contributed by atoms with E-state index >= 15 is 0 Å². The molecule has 0 aliphatic heterocycles. The van der Waals surface area contributed by atoms with Crippen molar-refractivity contribution in [3.63, 3.8) is 0 Å². The maximum absolute atomic E-state index is 10.3. The topological polar surface area (TPSA) is 177 Å². The van der Waals surface area contributed by atoms with Gasteiger partial charge in [-0.15, -0.1) is 0 Å². The Hall–Kier alpha value is -0.550. The molecule has 0 saturated heterocycles. The molecule has 0 aliphatic carbocycles. The predicted octanol–water partition coefficient (Wildman–Crippen LogP) is 4.32. The summed E-state index contributed by atoms with van der Waals surface area (Å²) in [7, 11) is -4.68. The van der Waals surface area contributed by atoms with E-state index in [1.165, 1.54) is 101 Å². The molecule has 0 heterocycles. The summed E-state index contributed by atoms with van der Waals surface area (Å²) in [5.74, 6) is 1.01. The zero-order valence-corrected chi connectivity index (χ0v) is 44.3. The average molecular weight is 977 g/mol. The molecular weight excluding hydrogens is 888 g/mol. The van der Waals surface area contributed by atoms with Crippen molar-refractivity contribution in [3.05, 3.63) is 29.3 Å². The Morgan fingerprint density at radius 2 is 0.667 bits per heavy atom. The summed E-state index contributed by atoms with van der Waals surface area (Å²) in [5, 5.41) is 0. The molecule has 0 radical (unpaired) electrons. The minimum Gasteiger partial charge on any atom is -0.726 e. The second-order valence-corrected chi connectivity index (χ2v) is 16.6.